The molecule has 0 aliphatic carbocycles. The lowest BCUT2D eigenvalue weighted by Crippen LogP contribution is -2.54. The van der Waals surface area contributed by atoms with Crippen LogP contribution < -0.4 is 19.7 Å². The average Bonchev–Trinajstić information content (AvgIpc) is 2.87. The molecule has 38 heavy (non-hydrogen) atoms. The summed E-state index contributed by atoms with van der Waals surface area (Å²) in [5.74, 6) is -2.45. The summed E-state index contributed by atoms with van der Waals surface area (Å²) in [6.45, 7) is 2.27. The number of hydrogen-bond acceptors (Lipinski definition) is 6. The van der Waals surface area contributed by atoms with Crippen LogP contribution in [0, 0.1) is 9.39 Å². The third kappa shape index (κ3) is 5.83. The van der Waals surface area contributed by atoms with E-state index in [2.05, 4.69) is 5.32 Å². The van der Waals surface area contributed by atoms with Crippen LogP contribution in [0.2, 0.25) is 0 Å². The van der Waals surface area contributed by atoms with Crippen molar-refractivity contribution in [3.8, 4) is 11.5 Å². The first-order chi connectivity index (χ1) is 18.2. The first kappa shape index (κ1) is 26.8. The number of rotatable bonds is 8. The molecule has 1 fully saturated rings. The highest BCUT2D eigenvalue weighted by Gasteiger charge is 2.37. The van der Waals surface area contributed by atoms with Crippen LogP contribution in [0.5, 0.6) is 11.5 Å². The Labute approximate surface area is 230 Å². The number of imide groups is 2. The normalized spacial score (nSPS) is 14.4. The number of urea groups is 1. The molecule has 3 aromatic carbocycles. The third-order valence-electron chi connectivity index (χ3n) is 5.41. The number of amides is 4. The van der Waals surface area contributed by atoms with Crippen molar-refractivity contribution in [2.75, 3.05) is 11.5 Å². The highest BCUT2D eigenvalue weighted by atomic mass is 127. The summed E-state index contributed by atoms with van der Waals surface area (Å²) in [7, 11) is 0. The minimum atomic E-state index is -1.16. The minimum Gasteiger partial charge on any atom is -0.490 e. The molecule has 1 aliphatic heterocycles. The van der Waals surface area contributed by atoms with E-state index in [1.54, 1.807) is 31.2 Å². The Balaban J connectivity index is 1.64. The van der Waals surface area contributed by atoms with Crippen molar-refractivity contribution >= 4 is 58.2 Å². The Bertz CT molecular complexity index is 1450. The third-order valence-corrected chi connectivity index (χ3v) is 6.21. The summed E-state index contributed by atoms with van der Waals surface area (Å²) in [6, 6.07) is 13.3. The van der Waals surface area contributed by atoms with Crippen LogP contribution in [0.15, 0.2) is 66.2 Å². The first-order valence-electron chi connectivity index (χ1n) is 11.3. The molecule has 4 rings (SSSR count). The SMILES string of the molecule is CCOc1cc(/C=C2\C(=O)NC(=O)N(c3ccc(C(=O)O)cc3)C2=O)cc(I)c1OCc1ccc(F)cc1. The second-order valence-corrected chi connectivity index (χ2v) is 9.15. The predicted molar refractivity (Wildman–Crippen MR) is 143 cm³/mol. The number of anilines is 1. The molecule has 11 heteroatoms. The zero-order valence-electron chi connectivity index (χ0n) is 19.9. The highest BCUT2D eigenvalue weighted by molar-refractivity contribution is 14.1. The van der Waals surface area contributed by atoms with Crippen molar-refractivity contribution in [2.45, 2.75) is 13.5 Å². The van der Waals surface area contributed by atoms with Crippen LogP contribution in [-0.4, -0.2) is 35.5 Å². The van der Waals surface area contributed by atoms with Gasteiger partial charge in [0.05, 0.1) is 21.4 Å². The van der Waals surface area contributed by atoms with Gasteiger partial charge in [-0.05, 0) is 95.2 Å². The topological polar surface area (TPSA) is 122 Å². The molecule has 0 saturated carbocycles. The van der Waals surface area contributed by atoms with Crippen LogP contribution in [0.4, 0.5) is 14.9 Å². The quantitative estimate of drug-likeness (QED) is 0.209. The van der Waals surface area contributed by atoms with Crippen LogP contribution in [0.3, 0.4) is 0 Å². The average molecular weight is 630 g/mol. The number of nitrogens with one attached hydrogen (secondary N) is 1. The molecule has 0 radical (unpaired) electrons. The summed E-state index contributed by atoms with van der Waals surface area (Å²) in [5.41, 5.74) is 0.975. The summed E-state index contributed by atoms with van der Waals surface area (Å²) >= 11 is 2.04. The van der Waals surface area contributed by atoms with Gasteiger partial charge < -0.3 is 14.6 Å². The van der Waals surface area contributed by atoms with E-state index in [-0.39, 0.29) is 29.2 Å². The molecule has 0 spiro atoms. The molecule has 0 unspecified atom stereocenters. The number of barbiturate groups is 1. The molecule has 2 N–H and O–H groups in total. The fourth-order valence-corrected chi connectivity index (χ4v) is 4.40. The molecule has 9 nitrogen and oxygen atoms in total. The van der Waals surface area contributed by atoms with E-state index in [1.165, 1.54) is 42.5 Å². The van der Waals surface area contributed by atoms with E-state index >= 15 is 0 Å². The van der Waals surface area contributed by atoms with Crippen LogP contribution in [0.1, 0.15) is 28.4 Å². The lowest BCUT2D eigenvalue weighted by molar-refractivity contribution is -0.122. The van der Waals surface area contributed by atoms with Gasteiger partial charge in [0.15, 0.2) is 11.5 Å². The molecular formula is C27H20FIN2O7. The van der Waals surface area contributed by atoms with E-state index in [1.807, 2.05) is 22.6 Å². The van der Waals surface area contributed by atoms with Crippen molar-refractivity contribution in [1.82, 2.24) is 5.32 Å². The van der Waals surface area contributed by atoms with E-state index in [9.17, 15) is 23.6 Å². The second-order valence-electron chi connectivity index (χ2n) is 7.99. The smallest absolute Gasteiger partial charge is 0.335 e. The summed E-state index contributed by atoms with van der Waals surface area (Å²) < 4.78 is 25.5. The van der Waals surface area contributed by atoms with Gasteiger partial charge in [-0.3, -0.25) is 14.9 Å². The number of benzene rings is 3. The molecule has 1 heterocycles. The number of nitrogens with zero attached hydrogens (tertiary/aromatic N) is 1. The summed E-state index contributed by atoms with van der Waals surface area (Å²) in [5, 5.41) is 11.2. The van der Waals surface area contributed by atoms with Gasteiger partial charge in [0.2, 0.25) is 0 Å². The lowest BCUT2D eigenvalue weighted by Gasteiger charge is -2.26. The van der Waals surface area contributed by atoms with Crippen molar-refractivity contribution < 1.29 is 38.1 Å². The van der Waals surface area contributed by atoms with Crippen molar-refractivity contribution in [3.63, 3.8) is 0 Å². The highest BCUT2D eigenvalue weighted by Crippen LogP contribution is 2.36. The summed E-state index contributed by atoms with van der Waals surface area (Å²) in [6.07, 6.45) is 1.33. The first-order valence-corrected chi connectivity index (χ1v) is 12.3. The standard InChI is InChI=1S/C27H20FIN2O7/c1-2-37-22-13-16(12-21(29)23(22)38-14-15-3-7-18(28)8-4-15)11-20-24(32)30-27(36)31(25(20)33)19-9-5-17(6-10-19)26(34)35/h3-13H,2,14H2,1H3,(H,34,35)(H,30,32,36)/b20-11+. The lowest BCUT2D eigenvalue weighted by atomic mass is 10.1. The predicted octanol–water partition coefficient (Wildman–Crippen LogP) is 4.77. The Morgan fingerprint density at radius 2 is 1.74 bits per heavy atom. The Morgan fingerprint density at radius 3 is 2.37 bits per heavy atom. The number of hydrogen-bond donors (Lipinski definition) is 2. The monoisotopic (exact) mass is 630 g/mol. The number of carbonyl (C=O) groups is 4. The minimum absolute atomic E-state index is 0.0229. The maximum atomic E-state index is 13.2. The van der Waals surface area contributed by atoms with E-state index in [0.717, 1.165) is 10.5 Å². The number of halogens is 2. The number of carbonyl (C=O) groups excluding carboxylic acids is 3. The number of ether oxygens (including phenoxy) is 2. The van der Waals surface area contributed by atoms with Crippen LogP contribution in [0.25, 0.3) is 6.08 Å². The Hall–Kier alpha value is -4.26. The van der Waals surface area contributed by atoms with Crippen LogP contribution in [-0.2, 0) is 16.2 Å². The number of carboxylic acid groups (broad SMARTS) is 1. The fourth-order valence-electron chi connectivity index (χ4n) is 3.62. The van der Waals surface area contributed by atoms with Gasteiger partial charge in [-0.2, -0.15) is 0 Å². The molecule has 3 aromatic rings. The molecule has 1 aliphatic rings. The van der Waals surface area contributed by atoms with Gasteiger partial charge in [-0.15, -0.1) is 0 Å². The number of carboxylic acids is 1. The van der Waals surface area contributed by atoms with Gasteiger partial charge >= 0.3 is 12.0 Å². The molecule has 0 bridgehead atoms. The van der Waals surface area contributed by atoms with Gasteiger partial charge in [0, 0.05) is 0 Å². The Kier molecular flexibility index (Phi) is 8.05. The maximum Gasteiger partial charge on any atom is 0.335 e. The van der Waals surface area contributed by atoms with E-state index in [0.29, 0.717) is 27.2 Å². The van der Waals surface area contributed by atoms with Gasteiger partial charge in [0.1, 0.15) is 18.0 Å². The molecule has 4 amide bonds. The fraction of sp³-hybridized carbons (Fsp3) is 0.111. The Morgan fingerprint density at radius 1 is 1.05 bits per heavy atom. The van der Waals surface area contributed by atoms with E-state index in [4.69, 9.17) is 14.6 Å². The molecular weight excluding hydrogens is 610 g/mol. The van der Waals surface area contributed by atoms with Crippen molar-refractivity contribution in [3.05, 3.63) is 92.3 Å². The van der Waals surface area contributed by atoms with Gasteiger partial charge in [0.25, 0.3) is 11.8 Å². The van der Waals surface area contributed by atoms with Gasteiger partial charge in [-0.1, -0.05) is 12.1 Å². The van der Waals surface area contributed by atoms with Gasteiger partial charge in [-0.25, -0.2) is 18.9 Å². The second kappa shape index (κ2) is 11.4. The largest absolute Gasteiger partial charge is 0.490 e. The van der Waals surface area contributed by atoms with Crippen molar-refractivity contribution in [2.24, 2.45) is 0 Å². The zero-order valence-corrected chi connectivity index (χ0v) is 22.0. The molecule has 0 aromatic heterocycles. The maximum absolute atomic E-state index is 13.2. The summed E-state index contributed by atoms with van der Waals surface area (Å²) in [4.78, 5) is 50.1. The molecule has 1 saturated heterocycles. The van der Waals surface area contributed by atoms with Crippen LogP contribution >= 0.6 is 22.6 Å². The molecule has 0 atom stereocenters. The number of aromatic carboxylic acids is 1. The van der Waals surface area contributed by atoms with E-state index < -0.39 is 23.8 Å². The van der Waals surface area contributed by atoms with Crippen molar-refractivity contribution in [1.29, 1.82) is 0 Å². The zero-order chi connectivity index (χ0) is 27.4. The molecule has 194 valence electrons.